The second-order valence-electron chi connectivity index (χ2n) is 9.68. The van der Waals surface area contributed by atoms with E-state index in [1.54, 1.807) is 23.1 Å². The summed E-state index contributed by atoms with van der Waals surface area (Å²) in [4.78, 5) is 53.4. The number of rotatable bonds is 5. The number of piperazine rings is 1. The smallest absolute Gasteiger partial charge is 0.254 e. The number of nitrogens with two attached hydrogens (primary N) is 1. The molecule has 2 aromatic heterocycles. The molecule has 220 valence electrons. The number of anilines is 2. The van der Waals surface area contributed by atoms with Crippen LogP contribution in [0.5, 0.6) is 0 Å². The van der Waals surface area contributed by atoms with E-state index in [4.69, 9.17) is 10.5 Å². The number of hydrogen-bond acceptors (Lipinski definition) is 11. The molecule has 0 saturated carbocycles. The summed E-state index contributed by atoms with van der Waals surface area (Å²) < 4.78 is 7.23. The molecule has 17 heteroatoms. The predicted molar refractivity (Wildman–Crippen MR) is 149 cm³/mol. The average molecular weight is 610 g/mol. The van der Waals surface area contributed by atoms with Crippen LogP contribution in [0.25, 0.3) is 11.2 Å². The Morgan fingerprint density at radius 1 is 1.10 bits per heavy atom. The topological polar surface area (TPSA) is 201 Å². The van der Waals surface area contributed by atoms with Crippen molar-refractivity contribution in [2.24, 2.45) is 0 Å². The van der Waals surface area contributed by atoms with Gasteiger partial charge in [-0.25, -0.2) is 15.0 Å². The molecule has 0 spiro atoms. The molecule has 0 radical (unpaired) electrons. The number of aliphatic hydroxyl groups is 2. The molecule has 6 rings (SSSR count). The Kier molecular flexibility index (Phi) is 8.96. The van der Waals surface area contributed by atoms with Gasteiger partial charge in [0.25, 0.3) is 11.8 Å². The zero-order valence-corrected chi connectivity index (χ0v) is 23.2. The number of carbonyl (C=O) groups is 3. The van der Waals surface area contributed by atoms with Crippen LogP contribution in [0.3, 0.4) is 0 Å². The number of benzene rings is 1. The molecule has 6 N–H and O–H groups in total. The molecule has 3 amide bonds. The van der Waals surface area contributed by atoms with Crippen molar-refractivity contribution in [2.75, 3.05) is 43.8 Å². The van der Waals surface area contributed by atoms with Crippen LogP contribution in [0.1, 0.15) is 22.1 Å². The highest BCUT2D eigenvalue weighted by atomic mass is 35.5. The summed E-state index contributed by atoms with van der Waals surface area (Å²) in [6.45, 7) is 1.99. The lowest BCUT2D eigenvalue weighted by atomic mass is 10.1. The highest BCUT2D eigenvalue weighted by Crippen LogP contribution is 2.33. The SMILES string of the molecule is Cl.Cl.Nc1ncnc2c1ncn2[C@@H]1O[C@H](C(=O)N2CCN(CC(=O)Nc3cccc4c3CNC4=O)CC2)C(O)C1O. The molecular formula is C24H29Cl2N9O6. The van der Waals surface area contributed by atoms with Crippen molar-refractivity contribution < 1.29 is 29.3 Å². The lowest BCUT2D eigenvalue weighted by Crippen LogP contribution is -2.54. The van der Waals surface area contributed by atoms with Crippen molar-refractivity contribution in [3.8, 4) is 0 Å². The summed E-state index contributed by atoms with van der Waals surface area (Å²) in [5, 5.41) is 26.9. The van der Waals surface area contributed by atoms with Crippen LogP contribution in [-0.2, 0) is 20.9 Å². The Balaban J connectivity index is 0.00000194. The Hall–Kier alpha value is -3.60. The van der Waals surface area contributed by atoms with E-state index < -0.39 is 30.4 Å². The zero-order chi connectivity index (χ0) is 27.3. The van der Waals surface area contributed by atoms with Gasteiger partial charge in [-0.2, -0.15) is 0 Å². The van der Waals surface area contributed by atoms with E-state index >= 15 is 0 Å². The minimum Gasteiger partial charge on any atom is -0.387 e. The van der Waals surface area contributed by atoms with Gasteiger partial charge in [-0.15, -0.1) is 24.8 Å². The molecule has 3 aliphatic heterocycles. The van der Waals surface area contributed by atoms with Gasteiger partial charge in [-0.05, 0) is 12.1 Å². The quantitative estimate of drug-likeness (QED) is 0.235. The van der Waals surface area contributed by atoms with Crippen molar-refractivity contribution in [1.82, 2.24) is 34.6 Å². The first-order valence-corrected chi connectivity index (χ1v) is 12.5. The van der Waals surface area contributed by atoms with E-state index in [0.717, 1.165) is 5.56 Å². The summed E-state index contributed by atoms with van der Waals surface area (Å²) >= 11 is 0. The summed E-state index contributed by atoms with van der Waals surface area (Å²) in [7, 11) is 0. The van der Waals surface area contributed by atoms with Gasteiger partial charge in [0.15, 0.2) is 23.8 Å². The highest BCUT2D eigenvalue weighted by Gasteiger charge is 2.49. The van der Waals surface area contributed by atoms with Crippen molar-refractivity contribution >= 4 is 65.2 Å². The minimum atomic E-state index is -1.46. The van der Waals surface area contributed by atoms with E-state index in [1.165, 1.54) is 17.2 Å². The number of hydrogen-bond donors (Lipinski definition) is 5. The van der Waals surface area contributed by atoms with Crippen LogP contribution in [-0.4, -0.2) is 108 Å². The summed E-state index contributed by atoms with van der Waals surface area (Å²) in [5.74, 6) is -0.677. The highest BCUT2D eigenvalue weighted by molar-refractivity contribution is 6.02. The number of nitrogen functional groups attached to an aromatic ring is 1. The molecule has 2 fully saturated rings. The summed E-state index contributed by atoms with van der Waals surface area (Å²) in [6.07, 6.45) is -2.62. The van der Waals surface area contributed by atoms with E-state index in [-0.39, 0.29) is 49.0 Å². The van der Waals surface area contributed by atoms with Crippen molar-refractivity contribution in [2.45, 2.75) is 31.1 Å². The Morgan fingerprint density at radius 3 is 2.61 bits per heavy atom. The zero-order valence-electron chi connectivity index (χ0n) is 21.5. The molecule has 1 aromatic carbocycles. The summed E-state index contributed by atoms with van der Waals surface area (Å²) in [6, 6.07) is 5.21. The van der Waals surface area contributed by atoms with Gasteiger partial charge in [-0.1, -0.05) is 6.07 Å². The minimum absolute atomic E-state index is 0. The van der Waals surface area contributed by atoms with Gasteiger partial charge in [0, 0.05) is 49.5 Å². The van der Waals surface area contributed by atoms with Crippen LogP contribution < -0.4 is 16.4 Å². The molecule has 41 heavy (non-hydrogen) atoms. The maximum absolute atomic E-state index is 13.2. The summed E-state index contributed by atoms with van der Waals surface area (Å²) in [5.41, 5.74) is 8.38. The maximum Gasteiger partial charge on any atom is 0.254 e. The Morgan fingerprint density at radius 2 is 1.85 bits per heavy atom. The van der Waals surface area contributed by atoms with Gasteiger partial charge in [-0.3, -0.25) is 23.9 Å². The number of fused-ring (bicyclic) bond motifs is 2. The maximum atomic E-state index is 13.2. The molecule has 4 atom stereocenters. The average Bonchev–Trinajstić information content (AvgIpc) is 3.61. The van der Waals surface area contributed by atoms with Crippen LogP contribution in [0.4, 0.5) is 11.5 Å². The Bertz CT molecular complexity index is 1460. The second-order valence-corrected chi connectivity index (χ2v) is 9.68. The second kappa shape index (κ2) is 12.1. The third-order valence-corrected chi connectivity index (χ3v) is 7.31. The monoisotopic (exact) mass is 609 g/mol. The fourth-order valence-electron chi connectivity index (χ4n) is 5.22. The number of nitrogens with zero attached hydrogens (tertiary/aromatic N) is 6. The number of imidazole rings is 1. The third-order valence-electron chi connectivity index (χ3n) is 7.31. The van der Waals surface area contributed by atoms with E-state index in [2.05, 4.69) is 25.6 Å². The number of ether oxygens (including phenoxy) is 1. The molecule has 0 aliphatic carbocycles. The van der Waals surface area contributed by atoms with E-state index in [1.807, 2.05) is 4.90 Å². The van der Waals surface area contributed by atoms with Gasteiger partial charge >= 0.3 is 0 Å². The largest absolute Gasteiger partial charge is 0.387 e. The van der Waals surface area contributed by atoms with Crippen LogP contribution in [0, 0.1) is 0 Å². The fourth-order valence-corrected chi connectivity index (χ4v) is 5.22. The third kappa shape index (κ3) is 5.51. The normalized spacial score (nSPS) is 23.9. The number of halogens is 2. The van der Waals surface area contributed by atoms with Gasteiger partial charge in [0.2, 0.25) is 5.91 Å². The standard InChI is InChI=1S/C24H27N9O6.2ClH/c25-20-16-21(28-10-27-20)33(11-29-16)24-18(36)17(35)19(39-24)23(38)32-6-4-31(5-7-32)9-15(34)30-14-3-1-2-12-13(14)8-26-22(12)37;;/h1-3,10-11,17-19,24,35-36H,4-9H2,(H,26,37)(H,30,34)(H2,25,27,28);2*1H/t17?,18?,19-,24+;;/m0../s1. The number of aromatic nitrogens is 4. The number of amides is 3. The Labute approximate surface area is 245 Å². The predicted octanol–water partition coefficient (Wildman–Crippen LogP) is -1.10. The lowest BCUT2D eigenvalue weighted by molar-refractivity contribution is -0.150. The van der Waals surface area contributed by atoms with Crippen molar-refractivity contribution in [3.05, 3.63) is 42.0 Å². The lowest BCUT2D eigenvalue weighted by Gasteiger charge is -2.35. The molecule has 15 nitrogen and oxygen atoms in total. The molecule has 3 aliphatic rings. The molecule has 2 saturated heterocycles. The van der Waals surface area contributed by atoms with Crippen molar-refractivity contribution in [3.63, 3.8) is 0 Å². The van der Waals surface area contributed by atoms with E-state index in [9.17, 15) is 24.6 Å². The molecule has 2 unspecified atom stereocenters. The van der Waals surface area contributed by atoms with Gasteiger partial charge in [0.05, 0.1) is 12.9 Å². The number of carbonyl (C=O) groups excluding carboxylic acids is 3. The number of nitrogens with one attached hydrogen (secondary N) is 2. The molecular weight excluding hydrogens is 581 g/mol. The molecule has 3 aromatic rings. The van der Waals surface area contributed by atoms with Gasteiger partial charge in [0.1, 0.15) is 24.1 Å². The van der Waals surface area contributed by atoms with E-state index in [0.29, 0.717) is 55.1 Å². The molecule has 5 heterocycles. The number of aliphatic hydroxyl groups excluding tert-OH is 2. The van der Waals surface area contributed by atoms with Crippen LogP contribution in [0.2, 0.25) is 0 Å². The first-order chi connectivity index (χ1) is 18.8. The van der Waals surface area contributed by atoms with Crippen LogP contribution in [0.15, 0.2) is 30.9 Å². The molecule has 0 bridgehead atoms. The fraction of sp³-hybridized carbons (Fsp3) is 0.417. The first-order valence-electron chi connectivity index (χ1n) is 12.5. The van der Waals surface area contributed by atoms with Crippen molar-refractivity contribution in [1.29, 1.82) is 0 Å². The van der Waals surface area contributed by atoms with Gasteiger partial charge < -0.3 is 36.2 Å². The van der Waals surface area contributed by atoms with Crippen LogP contribution >= 0.6 is 24.8 Å². The first kappa shape index (κ1) is 30.4.